The van der Waals surface area contributed by atoms with E-state index in [0.29, 0.717) is 35.0 Å². The van der Waals surface area contributed by atoms with Gasteiger partial charge in [0.1, 0.15) is 17.8 Å². The lowest BCUT2D eigenvalue weighted by atomic mass is 9.82. The van der Waals surface area contributed by atoms with Gasteiger partial charge in [-0.1, -0.05) is 24.3 Å². The zero-order valence-corrected chi connectivity index (χ0v) is 20.4. The molecule has 5 rings (SSSR count). The summed E-state index contributed by atoms with van der Waals surface area (Å²) in [5, 5.41) is 14.3. The van der Waals surface area contributed by atoms with E-state index in [4.69, 9.17) is 9.47 Å². The van der Waals surface area contributed by atoms with Crippen molar-refractivity contribution in [3.8, 4) is 17.2 Å². The number of amides is 2. The Morgan fingerprint density at radius 1 is 0.973 bits per heavy atom. The highest BCUT2D eigenvalue weighted by Crippen LogP contribution is 2.43. The van der Waals surface area contributed by atoms with E-state index in [-0.39, 0.29) is 18.2 Å². The fourth-order valence-electron chi connectivity index (χ4n) is 4.72. The molecule has 188 valence electrons. The third-order valence-corrected chi connectivity index (χ3v) is 6.47. The highest BCUT2D eigenvalue weighted by molar-refractivity contribution is 6.00. The molecule has 0 aliphatic carbocycles. The second kappa shape index (κ2) is 10.5. The topological polar surface area (TPSA) is 111 Å². The second-order valence-electron chi connectivity index (χ2n) is 8.59. The van der Waals surface area contributed by atoms with Gasteiger partial charge < -0.3 is 19.7 Å². The molecule has 1 aliphatic heterocycles. The molecule has 1 N–H and O–H groups in total. The van der Waals surface area contributed by atoms with E-state index < -0.39 is 12.0 Å². The van der Waals surface area contributed by atoms with Gasteiger partial charge in [0, 0.05) is 23.4 Å². The minimum atomic E-state index is -0.575. The molecule has 2 atom stereocenters. The largest absolute Gasteiger partial charge is 0.497 e. The number of tetrazole rings is 1. The summed E-state index contributed by atoms with van der Waals surface area (Å²) in [6.07, 6.45) is 2.12. The molecule has 1 aliphatic rings. The van der Waals surface area contributed by atoms with E-state index in [2.05, 4.69) is 20.8 Å². The molecule has 2 unspecified atom stereocenters. The molecule has 2 amide bonds. The predicted molar refractivity (Wildman–Crippen MR) is 137 cm³/mol. The molecule has 0 saturated carbocycles. The number of nitrogens with zero attached hydrogens (tertiary/aromatic N) is 5. The smallest absolute Gasteiger partial charge is 0.229 e. The summed E-state index contributed by atoms with van der Waals surface area (Å²) < 4.78 is 12.5. The van der Waals surface area contributed by atoms with Gasteiger partial charge in [0.25, 0.3) is 0 Å². The first-order valence-electron chi connectivity index (χ1n) is 11.8. The zero-order valence-electron chi connectivity index (χ0n) is 20.4. The molecular weight excluding hydrogens is 472 g/mol. The third-order valence-electron chi connectivity index (χ3n) is 6.47. The van der Waals surface area contributed by atoms with E-state index in [1.54, 1.807) is 43.4 Å². The second-order valence-corrected chi connectivity index (χ2v) is 8.59. The average molecular weight is 499 g/mol. The summed E-state index contributed by atoms with van der Waals surface area (Å²) in [5.41, 5.74) is 2.75. The number of piperidine rings is 1. The van der Waals surface area contributed by atoms with Crippen molar-refractivity contribution >= 4 is 23.2 Å². The summed E-state index contributed by atoms with van der Waals surface area (Å²) in [6.45, 7) is 0. The van der Waals surface area contributed by atoms with Gasteiger partial charge in [-0.15, -0.1) is 5.10 Å². The van der Waals surface area contributed by atoms with Gasteiger partial charge in [0.15, 0.2) is 0 Å². The molecule has 10 heteroatoms. The molecule has 0 radical (unpaired) electrons. The SMILES string of the molecule is COc1ccc(N2C(=O)CCC(C(=O)Nc3cccc(-n4cnnn4)c3)C2c2ccccc2OC)cc1. The normalized spacial score (nSPS) is 17.4. The Morgan fingerprint density at radius 3 is 2.51 bits per heavy atom. The summed E-state index contributed by atoms with van der Waals surface area (Å²) in [6, 6.07) is 21.4. The number of nitrogens with one attached hydrogen (secondary N) is 1. The summed E-state index contributed by atoms with van der Waals surface area (Å²) in [5.74, 6) is 0.493. The van der Waals surface area contributed by atoms with Crippen LogP contribution in [0.5, 0.6) is 11.5 Å². The van der Waals surface area contributed by atoms with Gasteiger partial charge in [-0.05, 0) is 65.4 Å². The van der Waals surface area contributed by atoms with Crippen molar-refractivity contribution in [2.45, 2.75) is 18.9 Å². The molecule has 0 spiro atoms. The standard InChI is InChI=1S/C27H26N6O4/c1-36-21-12-10-19(11-13-21)33-25(34)15-14-23(26(33)22-8-3-4-9-24(22)37-2)27(35)29-18-6-5-7-20(16-18)32-17-28-30-31-32/h3-13,16-17,23,26H,14-15H2,1-2H3,(H,29,35). The van der Waals surface area contributed by atoms with Crippen molar-refractivity contribution in [3.63, 3.8) is 0 Å². The molecular formula is C27H26N6O4. The van der Waals surface area contributed by atoms with E-state index in [0.717, 1.165) is 5.56 Å². The Hall–Kier alpha value is -4.73. The summed E-state index contributed by atoms with van der Waals surface area (Å²) >= 11 is 0. The minimum Gasteiger partial charge on any atom is -0.497 e. The quantitative estimate of drug-likeness (QED) is 0.412. The molecule has 3 aromatic carbocycles. The Labute approximate surface area is 213 Å². The van der Waals surface area contributed by atoms with Crippen molar-refractivity contribution in [2.75, 3.05) is 24.4 Å². The first-order valence-corrected chi connectivity index (χ1v) is 11.8. The lowest BCUT2D eigenvalue weighted by molar-refractivity contribution is -0.125. The first kappa shape index (κ1) is 24.0. The Balaban J connectivity index is 1.52. The maximum absolute atomic E-state index is 13.8. The number of rotatable bonds is 7. The van der Waals surface area contributed by atoms with Crippen LogP contribution in [0.1, 0.15) is 24.4 Å². The lowest BCUT2D eigenvalue weighted by Gasteiger charge is -2.41. The molecule has 0 bridgehead atoms. The average Bonchev–Trinajstić information content (AvgIpc) is 3.48. The number of anilines is 2. The van der Waals surface area contributed by atoms with E-state index >= 15 is 0 Å². The Kier molecular flexibility index (Phi) is 6.80. The van der Waals surface area contributed by atoms with Crippen molar-refractivity contribution in [2.24, 2.45) is 5.92 Å². The van der Waals surface area contributed by atoms with E-state index in [1.807, 2.05) is 48.5 Å². The number of hydrogen-bond acceptors (Lipinski definition) is 7. The number of hydrogen-bond donors (Lipinski definition) is 1. The van der Waals surface area contributed by atoms with Crippen LogP contribution in [0.3, 0.4) is 0 Å². The Morgan fingerprint density at radius 2 is 1.78 bits per heavy atom. The van der Waals surface area contributed by atoms with Gasteiger partial charge in [-0.3, -0.25) is 9.59 Å². The van der Waals surface area contributed by atoms with Gasteiger partial charge in [-0.25, -0.2) is 4.68 Å². The zero-order chi connectivity index (χ0) is 25.8. The molecule has 4 aromatic rings. The van der Waals surface area contributed by atoms with Gasteiger partial charge in [-0.2, -0.15) is 0 Å². The molecule has 2 heterocycles. The highest BCUT2D eigenvalue weighted by Gasteiger charge is 2.42. The fourth-order valence-corrected chi connectivity index (χ4v) is 4.72. The monoisotopic (exact) mass is 498 g/mol. The van der Waals surface area contributed by atoms with Crippen LogP contribution in [0.15, 0.2) is 79.1 Å². The number of para-hydroxylation sites is 1. The van der Waals surface area contributed by atoms with E-state index in [1.165, 1.54) is 11.0 Å². The maximum atomic E-state index is 13.8. The number of benzene rings is 3. The highest BCUT2D eigenvalue weighted by atomic mass is 16.5. The fraction of sp³-hybridized carbons (Fsp3) is 0.222. The number of carbonyl (C=O) groups is 2. The number of carbonyl (C=O) groups excluding carboxylic acids is 2. The van der Waals surface area contributed by atoms with Crippen molar-refractivity contribution in [3.05, 3.63) is 84.7 Å². The van der Waals surface area contributed by atoms with E-state index in [9.17, 15) is 9.59 Å². The van der Waals surface area contributed by atoms with Crippen molar-refractivity contribution < 1.29 is 19.1 Å². The predicted octanol–water partition coefficient (Wildman–Crippen LogP) is 3.80. The lowest BCUT2D eigenvalue weighted by Crippen LogP contribution is -2.47. The number of ether oxygens (including phenoxy) is 2. The van der Waals surface area contributed by atoms with Crippen LogP contribution in [0.25, 0.3) is 5.69 Å². The minimum absolute atomic E-state index is 0.0641. The molecule has 1 aromatic heterocycles. The van der Waals surface area contributed by atoms with Crippen LogP contribution in [-0.4, -0.2) is 46.2 Å². The molecule has 1 saturated heterocycles. The maximum Gasteiger partial charge on any atom is 0.229 e. The molecule has 37 heavy (non-hydrogen) atoms. The van der Waals surface area contributed by atoms with Gasteiger partial charge in [0.05, 0.1) is 31.9 Å². The Bertz CT molecular complexity index is 1390. The number of aromatic nitrogens is 4. The molecule has 1 fully saturated rings. The van der Waals surface area contributed by atoms with Crippen molar-refractivity contribution in [1.29, 1.82) is 0 Å². The van der Waals surface area contributed by atoms with Crippen LogP contribution in [0.2, 0.25) is 0 Å². The van der Waals surface area contributed by atoms with Gasteiger partial charge in [0.2, 0.25) is 11.8 Å². The van der Waals surface area contributed by atoms with Crippen LogP contribution in [0, 0.1) is 5.92 Å². The van der Waals surface area contributed by atoms with Crippen LogP contribution < -0.4 is 19.7 Å². The van der Waals surface area contributed by atoms with Crippen LogP contribution in [-0.2, 0) is 9.59 Å². The third kappa shape index (κ3) is 4.86. The van der Waals surface area contributed by atoms with Crippen molar-refractivity contribution in [1.82, 2.24) is 20.2 Å². The van der Waals surface area contributed by atoms with Gasteiger partial charge >= 0.3 is 0 Å². The first-order chi connectivity index (χ1) is 18.1. The van der Waals surface area contributed by atoms with Crippen LogP contribution >= 0.6 is 0 Å². The number of methoxy groups -OCH3 is 2. The summed E-state index contributed by atoms with van der Waals surface area (Å²) in [7, 11) is 3.17. The molecule has 10 nitrogen and oxygen atoms in total. The summed E-state index contributed by atoms with van der Waals surface area (Å²) in [4.78, 5) is 28.8. The van der Waals surface area contributed by atoms with Crippen LogP contribution in [0.4, 0.5) is 11.4 Å².